The van der Waals surface area contributed by atoms with Crippen molar-refractivity contribution in [1.82, 2.24) is 4.90 Å². The van der Waals surface area contributed by atoms with E-state index in [0.29, 0.717) is 23.7 Å². The van der Waals surface area contributed by atoms with Crippen molar-refractivity contribution < 1.29 is 14.3 Å². The van der Waals surface area contributed by atoms with Crippen molar-refractivity contribution in [3.8, 4) is 5.75 Å². The minimum Gasteiger partial charge on any atom is -0.497 e. The number of nitrogens with two attached hydrogens (primary N) is 1. The molecular weight excluding hydrogens is 270 g/mol. The van der Waals surface area contributed by atoms with Gasteiger partial charge in [-0.05, 0) is 32.0 Å². The van der Waals surface area contributed by atoms with E-state index in [1.165, 1.54) is 0 Å². The third-order valence-corrected chi connectivity index (χ3v) is 3.49. The second kappa shape index (κ2) is 7.28. The smallest absolute Gasteiger partial charge is 0.238 e. The summed E-state index contributed by atoms with van der Waals surface area (Å²) >= 11 is 0. The van der Waals surface area contributed by atoms with Crippen LogP contribution in [0.15, 0.2) is 18.2 Å². The van der Waals surface area contributed by atoms with Gasteiger partial charge in [-0.2, -0.15) is 0 Å². The molecule has 2 rings (SSSR count). The summed E-state index contributed by atoms with van der Waals surface area (Å²) in [5.41, 5.74) is 6.97. The van der Waals surface area contributed by atoms with E-state index >= 15 is 0 Å². The van der Waals surface area contributed by atoms with Gasteiger partial charge in [0.1, 0.15) is 5.75 Å². The molecule has 1 atom stereocenters. The van der Waals surface area contributed by atoms with Crippen LogP contribution in [0.4, 0.5) is 11.4 Å². The molecule has 1 aromatic carbocycles. The molecule has 0 radical (unpaired) electrons. The second-order valence-corrected chi connectivity index (χ2v) is 5.33. The van der Waals surface area contributed by atoms with Gasteiger partial charge in [-0.15, -0.1) is 0 Å². The molecule has 1 saturated heterocycles. The van der Waals surface area contributed by atoms with Gasteiger partial charge in [-0.3, -0.25) is 9.69 Å². The molecule has 3 N–H and O–H groups in total. The molecule has 1 amide bonds. The van der Waals surface area contributed by atoms with Crippen LogP contribution in [0.3, 0.4) is 0 Å². The average Bonchev–Trinajstić information content (AvgIpc) is 2.93. The number of methoxy groups -OCH3 is 1. The zero-order valence-electron chi connectivity index (χ0n) is 12.6. The molecule has 116 valence electrons. The molecule has 0 bridgehead atoms. The Morgan fingerprint density at radius 1 is 1.57 bits per heavy atom. The summed E-state index contributed by atoms with van der Waals surface area (Å²) in [7, 11) is 3.49. The number of nitrogen functional groups attached to an aromatic ring is 1. The fraction of sp³-hybridized carbons (Fsp3) is 0.533. The quantitative estimate of drug-likeness (QED) is 0.774. The largest absolute Gasteiger partial charge is 0.497 e. The molecule has 21 heavy (non-hydrogen) atoms. The van der Waals surface area contributed by atoms with Gasteiger partial charge in [0, 0.05) is 19.2 Å². The van der Waals surface area contributed by atoms with Crippen LogP contribution in [-0.2, 0) is 9.53 Å². The Bertz CT molecular complexity index is 487. The molecule has 0 saturated carbocycles. The summed E-state index contributed by atoms with van der Waals surface area (Å²) in [6.07, 6.45) is 2.42. The standard InChI is InChI=1S/C15H23N3O3/c1-18(9-12-4-3-7-21-12)10-15(19)17-14-6-5-11(20-2)8-13(14)16/h5-6,8,12H,3-4,7,9-10,16H2,1-2H3,(H,17,19). The van der Waals surface area contributed by atoms with Crippen LogP contribution in [0.1, 0.15) is 12.8 Å². The Morgan fingerprint density at radius 2 is 2.38 bits per heavy atom. The number of amides is 1. The first-order valence-electron chi connectivity index (χ1n) is 7.12. The maximum Gasteiger partial charge on any atom is 0.238 e. The van der Waals surface area contributed by atoms with Crippen LogP contribution in [-0.4, -0.2) is 50.8 Å². The second-order valence-electron chi connectivity index (χ2n) is 5.33. The molecule has 1 aromatic rings. The van der Waals surface area contributed by atoms with Crippen molar-refractivity contribution in [2.45, 2.75) is 18.9 Å². The van der Waals surface area contributed by atoms with E-state index in [9.17, 15) is 4.79 Å². The lowest BCUT2D eigenvalue weighted by Gasteiger charge is -2.20. The minimum absolute atomic E-state index is 0.0904. The average molecular weight is 293 g/mol. The van der Waals surface area contributed by atoms with Crippen LogP contribution >= 0.6 is 0 Å². The first kappa shape index (κ1) is 15.6. The Kier molecular flexibility index (Phi) is 5.41. The minimum atomic E-state index is -0.0904. The molecule has 0 spiro atoms. The van der Waals surface area contributed by atoms with Crippen LogP contribution < -0.4 is 15.8 Å². The number of hydrogen-bond donors (Lipinski definition) is 2. The maximum atomic E-state index is 12.0. The highest BCUT2D eigenvalue weighted by molar-refractivity contribution is 5.95. The molecule has 6 heteroatoms. The normalized spacial score (nSPS) is 18.0. The highest BCUT2D eigenvalue weighted by Gasteiger charge is 2.18. The summed E-state index contributed by atoms with van der Waals surface area (Å²) in [5, 5.41) is 2.82. The van der Waals surface area contributed by atoms with E-state index in [1.807, 2.05) is 11.9 Å². The summed E-state index contributed by atoms with van der Waals surface area (Å²) in [6.45, 7) is 1.91. The number of carbonyl (C=O) groups is 1. The maximum absolute atomic E-state index is 12.0. The van der Waals surface area contributed by atoms with Crippen LogP contribution in [0.2, 0.25) is 0 Å². The number of likely N-dealkylation sites (N-methyl/N-ethyl adjacent to an activating group) is 1. The third kappa shape index (κ3) is 4.61. The van der Waals surface area contributed by atoms with Gasteiger partial charge in [0.15, 0.2) is 0 Å². The SMILES string of the molecule is COc1ccc(NC(=O)CN(C)CC2CCCO2)c(N)c1. The molecule has 0 aromatic heterocycles. The number of carbonyl (C=O) groups excluding carboxylic acids is 1. The predicted octanol–water partition coefficient (Wildman–Crippen LogP) is 1.33. The van der Waals surface area contributed by atoms with Crippen LogP contribution in [0, 0.1) is 0 Å². The van der Waals surface area contributed by atoms with E-state index in [0.717, 1.165) is 26.0 Å². The summed E-state index contributed by atoms with van der Waals surface area (Å²) in [6, 6.07) is 5.19. The number of ether oxygens (including phenoxy) is 2. The van der Waals surface area contributed by atoms with Crippen LogP contribution in [0.5, 0.6) is 5.75 Å². The molecule has 1 aliphatic heterocycles. The third-order valence-electron chi connectivity index (χ3n) is 3.49. The number of nitrogens with zero attached hydrogens (tertiary/aromatic N) is 1. The summed E-state index contributed by atoms with van der Waals surface area (Å²) < 4.78 is 10.6. The van der Waals surface area contributed by atoms with Crippen molar-refractivity contribution in [2.24, 2.45) is 0 Å². The van der Waals surface area contributed by atoms with Gasteiger partial charge in [-0.25, -0.2) is 0 Å². The number of benzene rings is 1. The van der Waals surface area contributed by atoms with E-state index in [2.05, 4.69) is 5.32 Å². The fourth-order valence-corrected chi connectivity index (χ4v) is 2.42. The van der Waals surface area contributed by atoms with Crippen molar-refractivity contribution in [2.75, 3.05) is 44.9 Å². The molecule has 1 heterocycles. The summed E-state index contributed by atoms with van der Waals surface area (Å²) in [4.78, 5) is 14.0. The Balaban J connectivity index is 1.83. The summed E-state index contributed by atoms with van der Waals surface area (Å²) in [5.74, 6) is 0.577. The fourth-order valence-electron chi connectivity index (χ4n) is 2.42. The monoisotopic (exact) mass is 293 g/mol. The molecular formula is C15H23N3O3. The zero-order valence-corrected chi connectivity index (χ0v) is 12.6. The van der Waals surface area contributed by atoms with E-state index in [-0.39, 0.29) is 12.0 Å². The lowest BCUT2D eigenvalue weighted by Crippen LogP contribution is -2.35. The van der Waals surface area contributed by atoms with Gasteiger partial charge < -0.3 is 20.5 Å². The van der Waals surface area contributed by atoms with Gasteiger partial charge in [-0.1, -0.05) is 0 Å². The molecule has 6 nitrogen and oxygen atoms in total. The molecule has 1 fully saturated rings. The Morgan fingerprint density at radius 3 is 3.00 bits per heavy atom. The predicted molar refractivity (Wildman–Crippen MR) is 82.5 cm³/mol. The van der Waals surface area contributed by atoms with Gasteiger partial charge in [0.05, 0.1) is 31.1 Å². The van der Waals surface area contributed by atoms with Crippen molar-refractivity contribution in [3.63, 3.8) is 0 Å². The lowest BCUT2D eigenvalue weighted by molar-refractivity contribution is -0.117. The van der Waals surface area contributed by atoms with Crippen molar-refractivity contribution in [1.29, 1.82) is 0 Å². The number of nitrogens with one attached hydrogen (secondary N) is 1. The van der Waals surface area contributed by atoms with E-state index in [4.69, 9.17) is 15.2 Å². The molecule has 1 unspecified atom stereocenters. The van der Waals surface area contributed by atoms with Gasteiger partial charge >= 0.3 is 0 Å². The molecule has 0 aliphatic carbocycles. The van der Waals surface area contributed by atoms with Crippen molar-refractivity contribution in [3.05, 3.63) is 18.2 Å². The topological polar surface area (TPSA) is 76.8 Å². The highest BCUT2D eigenvalue weighted by Crippen LogP contribution is 2.23. The lowest BCUT2D eigenvalue weighted by atomic mass is 10.2. The van der Waals surface area contributed by atoms with Crippen molar-refractivity contribution >= 4 is 17.3 Å². The number of hydrogen-bond acceptors (Lipinski definition) is 5. The molecule has 1 aliphatic rings. The first-order valence-corrected chi connectivity index (χ1v) is 7.12. The zero-order chi connectivity index (χ0) is 15.2. The number of anilines is 2. The van der Waals surface area contributed by atoms with E-state index in [1.54, 1.807) is 25.3 Å². The Labute approximate surface area is 125 Å². The highest BCUT2D eigenvalue weighted by atomic mass is 16.5. The van der Waals surface area contributed by atoms with Gasteiger partial charge in [0.2, 0.25) is 5.91 Å². The van der Waals surface area contributed by atoms with Crippen LogP contribution in [0.25, 0.3) is 0 Å². The number of rotatable bonds is 6. The van der Waals surface area contributed by atoms with E-state index < -0.39 is 0 Å². The first-order chi connectivity index (χ1) is 10.1. The van der Waals surface area contributed by atoms with Gasteiger partial charge in [0.25, 0.3) is 0 Å². The Hall–Kier alpha value is -1.79.